The van der Waals surface area contributed by atoms with Crippen molar-refractivity contribution in [1.29, 1.82) is 5.26 Å². The SMILES string of the molecule is N#Cc1ccc2c(c1)CCC(=O)N2Cc1ccc(C(O)(C(F)(F)F)C(F)(F)F)cc1. The summed E-state index contributed by atoms with van der Waals surface area (Å²) >= 11 is 0. The van der Waals surface area contributed by atoms with Gasteiger partial charge in [0.05, 0.1) is 18.2 Å². The third kappa shape index (κ3) is 3.61. The molecule has 1 aliphatic heterocycles. The van der Waals surface area contributed by atoms with Crippen molar-refractivity contribution in [3.8, 4) is 6.07 Å². The smallest absolute Gasteiger partial charge is 0.369 e. The van der Waals surface area contributed by atoms with E-state index in [-0.39, 0.29) is 24.4 Å². The van der Waals surface area contributed by atoms with E-state index in [0.29, 0.717) is 29.8 Å². The average molecular weight is 428 g/mol. The Balaban J connectivity index is 1.92. The van der Waals surface area contributed by atoms with Crippen LogP contribution in [-0.2, 0) is 23.4 Å². The number of benzene rings is 2. The Bertz CT molecular complexity index is 992. The van der Waals surface area contributed by atoms with E-state index in [1.165, 1.54) is 11.0 Å². The molecular weight excluding hydrogens is 414 g/mol. The van der Waals surface area contributed by atoms with Gasteiger partial charge in [0.1, 0.15) is 0 Å². The molecule has 4 nitrogen and oxygen atoms in total. The minimum atomic E-state index is -5.97. The Labute approximate surface area is 167 Å². The van der Waals surface area contributed by atoms with E-state index in [0.717, 1.165) is 17.7 Å². The van der Waals surface area contributed by atoms with Crippen molar-refractivity contribution < 1.29 is 36.2 Å². The lowest BCUT2D eigenvalue weighted by molar-refractivity contribution is -0.376. The quantitative estimate of drug-likeness (QED) is 0.740. The van der Waals surface area contributed by atoms with E-state index >= 15 is 0 Å². The van der Waals surface area contributed by atoms with Crippen molar-refractivity contribution in [3.63, 3.8) is 0 Å². The lowest BCUT2D eigenvalue weighted by atomic mass is 9.91. The van der Waals surface area contributed by atoms with Crippen LogP contribution in [0, 0.1) is 11.3 Å². The molecule has 1 N–H and O–H groups in total. The molecular formula is C20H14F6N2O2. The van der Waals surface area contributed by atoms with E-state index < -0.39 is 23.5 Å². The van der Waals surface area contributed by atoms with Gasteiger partial charge in [-0.05, 0) is 35.7 Å². The number of nitrogens with zero attached hydrogens (tertiary/aromatic N) is 2. The first-order valence-electron chi connectivity index (χ1n) is 8.67. The van der Waals surface area contributed by atoms with Gasteiger partial charge in [-0.25, -0.2) is 0 Å². The highest BCUT2D eigenvalue weighted by Gasteiger charge is 2.71. The van der Waals surface area contributed by atoms with Crippen LogP contribution in [0.5, 0.6) is 0 Å². The number of fused-ring (bicyclic) bond motifs is 1. The Morgan fingerprint density at radius 1 is 0.967 bits per heavy atom. The number of carbonyl (C=O) groups excluding carboxylic acids is 1. The molecule has 158 valence electrons. The summed E-state index contributed by atoms with van der Waals surface area (Å²) in [6.45, 7) is -0.0888. The summed E-state index contributed by atoms with van der Waals surface area (Å²) in [6, 6.07) is 9.80. The second-order valence-electron chi connectivity index (χ2n) is 6.84. The maximum atomic E-state index is 13.0. The number of carbonyl (C=O) groups is 1. The summed E-state index contributed by atoms with van der Waals surface area (Å²) in [7, 11) is 0. The molecule has 0 atom stereocenters. The van der Waals surface area contributed by atoms with Gasteiger partial charge >= 0.3 is 12.4 Å². The van der Waals surface area contributed by atoms with Crippen LogP contribution in [0.25, 0.3) is 0 Å². The van der Waals surface area contributed by atoms with Crippen molar-refractivity contribution in [2.45, 2.75) is 37.3 Å². The normalized spacial score (nSPS) is 15.0. The summed E-state index contributed by atoms with van der Waals surface area (Å²) in [6.07, 6.45) is -11.4. The molecule has 10 heteroatoms. The van der Waals surface area contributed by atoms with Crippen molar-refractivity contribution in [2.75, 3.05) is 4.90 Å². The molecule has 1 heterocycles. The highest BCUT2D eigenvalue weighted by molar-refractivity contribution is 5.96. The standard InChI is InChI=1S/C20H14F6N2O2/c21-19(22,23)18(30,20(24,25)26)15-5-1-12(2-6-15)11-28-16-7-3-13(10-27)9-14(16)4-8-17(28)29/h1-3,5-7,9,30H,4,8,11H2. The summed E-state index contributed by atoms with van der Waals surface area (Å²) in [4.78, 5) is 13.7. The van der Waals surface area contributed by atoms with Gasteiger partial charge in [0.25, 0.3) is 5.60 Å². The zero-order valence-corrected chi connectivity index (χ0v) is 15.2. The number of rotatable bonds is 3. The monoisotopic (exact) mass is 428 g/mol. The number of nitriles is 1. The van der Waals surface area contributed by atoms with Gasteiger partial charge in [0, 0.05) is 17.7 Å². The lowest BCUT2D eigenvalue weighted by Gasteiger charge is -2.33. The topological polar surface area (TPSA) is 64.3 Å². The summed E-state index contributed by atoms with van der Waals surface area (Å²) in [5, 5.41) is 18.4. The van der Waals surface area contributed by atoms with Gasteiger partial charge in [0.2, 0.25) is 5.91 Å². The van der Waals surface area contributed by atoms with Crippen LogP contribution in [-0.4, -0.2) is 23.4 Å². The molecule has 0 aromatic heterocycles. The molecule has 0 unspecified atom stereocenters. The minimum Gasteiger partial charge on any atom is -0.369 e. The summed E-state index contributed by atoms with van der Waals surface area (Å²) < 4.78 is 78.0. The first-order chi connectivity index (χ1) is 13.9. The Morgan fingerprint density at radius 2 is 1.57 bits per heavy atom. The van der Waals surface area contributed by atoms with Gasteiger partial charge < -0.3 is 10.0 Å². The number of halogens is 6. The van der Waals surface area contributed by atoms with Gasteiger partial charge in [-0.3, -0.25) is 4.79 Å². The molecule has 2 aromatic rings. The van der Waals surface area contributed by atoms with E-state index in [2.05, 4.69) is 0 Å². The molecule has 0 fully saturated rings. The Hall–Kier alpha value is -3.06. The second kappa shape index (κ2) is 7.32. The van der Waals surface area contributed by atoms with Crippen LogP contribution in [0.1, 0.15) is 28.7 Å². The molecule has 1 aliphatic rings. The second-order valence-corrected chi connectivity index (χ2v) is 6.84. The Morgan fingerprint density at radius 3 is 2.10 bits per heavy atom. The number of hydrogen-bond donors (Lipinski definition) is 1. The van der Waals surface area contributed by atoms with Crippen molar-refractivity contribution in [3.05, 3.63) is 64.7 Å². The summed E-state index contributed by atoms with van der Waals surface area (Å²) in [5.41, 5.74) is -4.41. The average Bonchev–Trinajstić information content (AvgIpc) is 2.68. The number of aryl methyl sites for hydroxylation is 1. The fourth-order valence-corrected chi connectivity index (χ4v) is 3.32. The highest BCUT2D eigenvalue weighted by Crippen LogP contribution is 2.50. The van der Waals surface area contributed by atoms with Crippen LogP contribution in [0.2, 0.25) is 0 Å². The van der Waals surface area contributed by atoms with E-state index in [1.54, 1.807) is 12.1 Å². The van der Waals surface area contributed by atoms with E-state index in [4.69, 9.17) is 5.26 Å². The zero-order valence-electron chi connectivity index (χ0n) is 15.2. The van der Waals surface area contributed by atoms with Crippen molar-refractivity contribution >= 4 is 11.6 Å². The fourth-order valence-electron chi connectivity index (χ4n) is 3.32. The number of amides is 1. The Kier molecular flexibility index (Phi) is 5.28. The third-order valence-electron chi connectivity index (χ3n) is 4.94. The van der Waals surface area contributed by atoms with E-state index in [1.807, 2.05) is 6.07 Å². The maximum Gasteiger partial charge on any atom is 0.430 e. The van der Waals surface area contributed by atoms with Crippen LogP contribution in [0.3, 0.4) is 0 Å². The molecule has 0 saturated heterocycles. The molecule has 0 radical (unpaired) electrons. The zero-order chi connectivity index (χ0) is 22.3. The third-order valence-corrected chi connectivity index (χ3v) is 4.94. The largest absolute Gasteiger partial charge is 0.430 e. The van der Waals surface area contributed by atoms with Crippen molar-refractivity contribution in [1.82, 2.24) is 0 Å². The lowest BCUT2D eigenvalue weighted by Crippen LogP contribution is -2.53. The number of anilines is 1. The molecule has 1 amide bonds. The molecule has 0 bridgehead atoms. The number of hydrogen-bond acceptors (Lipinski definition) is 3. The van der Waals surface area contributed by atoms with Crippen LogP contribution in [0.15, 0.2) is 42.5 Å². The summed E-state index contributed by atoms with van der Waals surface area (Å²) in [5.74, 6) is -0.265. The highest BCUT2D eigenvalue weighted by atomic mass is 19.4. The van der Waals surface area contributed by atoms with Gasteiger partial charge in [-0.15, -0.1) is 0 Å². The molecule has 30 heavy (non-hydrogen) atoms. The van der Waals surface area contributed by atoms with Crippen LogP contribution < -0.4 is 4.90 Å². The van der Waals surface area contributed by atoms with Crippen LogP contribution in [0.4, 0.5) is 32.0 Å². The van der Waals surface area contributed by atoms with Crippen molar-refractivity contribution in [2.24, 2.45) is 0 Å². The predicted octanol–water partition coefficient (Wildman–Crippen LogP) is 4.35. The van der Waals surface area contributed by atoms with Gasteiger partial charge in [0.15, 0.2) is 0 Å². The number of alkyl halides is 6. The van der Waals surface area contributed by atoms with Gasteiger partial charge in [-0.2, -0.15) is 31.6 Å². The first-order valence-corrected chi connectivity index (χ1v) is 8.67. The molecule has 0 aliphatic carbocycles. The predicted molar refractivity (Wildman–Crippen MR) is 93.1 cm³/mol. The molecule has 3 rings (SSSR count). The molecule has 0 spiro atoms. The maximum absolute atomic E-state index is 13.0. The van der Waals surface area contributed by atoms with E-state index in [9.17, 15) is 36.2 Å². The van der Waals surface area contributed by atoms with Crippen LogP contribution >= 0.6 is 0 Å². The molecule has 2 aromatic carbocycles. The molecule has 0 saturated carbocycles. The number of aliphatic hydroxyl groups is 1. The first kappa shape index (κ1) is 21.6. The van der Waals surface area contributed by atoms with Gasteiger partial charge in [-0.1, -0.05) is 24.3 Å². The fraction of sp³-hybridized carbons (Fsp3) is 0.300. The minimum absolute atomic E-state index is 0.0888.